The summed E-state index contributed by atoms with van der Waals surface area (Å²) in [6, 6.07) is -0.188. The van der Waals surface area contributed by atoms with Crippen molar-refractivity contribution in [2.75, 3.05) is 7.05 Å². The number of alkyl halides is 6. The summed E-state index contributed by atoms with van der Waals surface area (Å²) in [6.07, 6.45) is -6.61. The quantitative estimate of drug-likeness (QED) is 0.456. The van der Waals surface area contributed by atoms with E-state index >= 15 is 0 Å². The highest BCUT2D eigenvalue weighted by atomic mass is 19.4. The van der Waals surface area contributed by atoms with Crippen LogP contribution in [0.3, 0.4) is 0 Å². The maximum atomic E-state index is 13.0. The van der Waals surface area contributed by atoms with Crippen LogP contribution in [-0.2, 0) is 17.1 Å². The van der Waals surface area contributed by atoms with Crippen molar-refractivity contribution in [1.82, 2.24) is 10.2 Å². The molecule has 1 N–H and O–H groups in total. The topological polar surface area (TPSA) is 73.2 Å². The molecule has 2 amide bonds. The minimum atomic E-state index is -5.07. The minimum absolute atomic E-state index is 0.0639. The third-order valence-electron chi connectivity index (χ3n) is 4.73. The molecule has 29 heavy (non-hydrogen) atoms. The van der Waals surface area contributed by atoms with Crippen LogP contribution < -0.4 is 5.32 Å². The molecule has 0 bridgehead atoms. The Morgan fingerprint density at radius 2 is 1.55 bits per heavy atom. The number of benzene rings is 1. The van der Waals surface area contributed by atoms with Gasteiger partial charge in [0.2, 0.25) is 5.91 Å². The van der Waals surface area contributed by atoms with E-state index in [-0.39, 0.29) is 6.07 Å². The maximum absolute atomic E-state index is 13.0. The van der Waals surface area contributed by atoms with Crippen molar-refractivity contribution in [3.05, 3.63) is 34.9 Å². The molecule has 0 aliphatic heterocycles. The highest BCUT2D eigenvalue weighted by Crippen LogP contribution is 2.36. The van der Waals surface area contributed by atoms with E-state index in [9.17, 15) is 35.9 Å². The SMILES string of the molecule is CN(C#N)C(=O)[C@H]1CCCC[C@H]1NC(=O)c1cc(C(F)(F)F)cc(C(F)(F)F)c1. The van der Waals surface area contributed by atoms with Gasteiger partial charge >= 0.3 is 12.4 Å². The number of rotatable bonds is 3. The Labute approximate surface area is 162 Å². The molecule has 0 heterocycles. The number of hydrogen-bond donors (Lipinski definition) is 1. The standard InChI is InChI=1S/C18H17F6N3O2/c1-27(9-25)16(29)13-4-2-3-5-14(13)26-15(28)10-6-11(17(19,20)21)8-12(7-10)18(22,23)24/h6-8,13-14H,2-5H2,1H3,(H,26,28)/t13-,14+/m0/s1. The normalized spacial score (nSPS) is 19.9. The van der Waals surface area contributed by atoms with E-state index < -0.39 is 52.8 Å². The molecule has 1 aliphatic carbocycles. The summed E-state index contributed by atoms with van der Waals surface area (Å²) < 4.78 is 77.8. The number of hydrogen-bond acceptors (Lipinski definition) is 3. The van der Waals surface area contributed by atoms with E-state index in [0.29, 0.717) is 37.8 Å². The number of amides is 2. The van der Waals surface area contributed by atoms with Crippen LogP contribution in [0.25, 0.3) is 0 Å². The zero-order valence-corrected chi connectivity index (χ0v) is 15.2. The van der Waals surface area contributed by atoms with Gasteiger partial charge in [0.25, 0.3) is 5.91 Å². The molecule has 11 heteroatoms. The Balaban J connectivity index is 2.33. The van der Waals surface area contributed by atoms with Crippen molar-refractivity contribution in [3.8, 4) is 6.19 Å². The van der Waals surface area contributed by atoms with Gasteiger partial charge in [-0.05, 0) is 31.0 Å². The molecule has 0 saturated heterocycles. The van der Waals surface area contributed by atoms with Gasteiger partial charge in [-0.3, -0.25) is 14.5 Å². The maximum Gasteiger partial charge on any atom is 0.416 e. The molecule has 0 spiro atoms. The molecule has 2 rings (SSSR count). The van der Waals surface area contributed by atoms with Gasteiger partial charge < -0.3 is 5.32 Å². The largest absolute Gasteiger partial charge is 0.416 e. The van der Waals surface area contributed by atoms with E-state index in [4.69, 9.17) is 5.26 Å². The smallest absolute Gasteiger partial charge is 0.349 e. The Hall–Kier alpha value is -2.77. The summed E-state index contributed by atoms with van der Waals surface area (Å²) in [5, 5.41) is 11.2. The highest BCUT2D eigenvalue weighted by molar-refractivity contribution is 5.95. The van der Waals surface area contributed by atoms with Gasteiger partial charge in [0.1, 0.15) is 0 Å². The fourth-order valence-corrected chi connectivity index (χ4v) is 3.23. The van der Waals surface area contributed by atoms with Crippen LogP contribution in [0.1, 0.15) is 47.2 Å². The summed E-state index contributed by atoms with van der Waals surface area (Å²) in [5.74, 6) is -2.51. The third-order valence-corrected chi connectivity index (χ3v) is 4.73. The Bertz CT molecular complexity index is 796. The van der Waals surface area contributed by atoms with Crippen LogP contribution in [-0.4, -0.2) is 29.8 Å². The summed E-state index contributed by atoms with van der Waals surface area (Å²) >= 11 is 0. The van der Waals surface area contributed by atoms with Crippen molar-refractivity contribution in [3.63, 3.8) is 0 Å². The second-order valence-electron chi connectivity index (χ2n) is 6.76. The first kappa shape index (κ1) is 22.5. The van der Waals surface area contributed by atoms with Crippen LogP contribution >= 0.6 is 0 Å². The molecule has 1 saturated carbocycles. The summed E-state index contributed by atoms with van der Waals surface area (Å²) in [4.78, 5) is 25.5. The Morgan fingerprint density at radius 3 is 2.03 bits per heavy atom. The average Bonchev–Trinajstić information content (AvgIpc) is 2.65. The van der Waals surface area contributed by atoms with Crippen molar-refractivity contribution >= 4 is 11.8 Å². The van der Waals surface area contributed by atoms with Gasteiger partial charge in [-0.25, -0.2) is 0 Å². The Morgan fingerprint density at radius 1 is 1.03 bits per heavy atom. The van der Waals surface area contributed by atoms with Gasteiger partial charge in [-0.15, -0.1) is 0 Å². The van der Waals surface area contributed by atoms with E-state index in [1.165, 1.54) is 7.05 Å². The molecule has 1 aromatic rings. The van der Waals surface area contributed by atoms with Crippen molar-refractivity contribution in [1.29, 1.82) is 5.26 Å². The molecule has 2 atom stereocenters. The predicted molar refractivity (Wildman–Crippen MR) is 88.0 cm³/mol. The minimum Gasteiger partial charge on any atom is -0.349 e. The summed E-state index contributed by atoms with van der Waals surface area (Å²) in [5.41, 5.74) is -4.01. The number of carbonyl (C=O) groups is 2. The van der Waals surface area contributed by atoms with Crippen molar-refractivity contribution < 1.29 is 35.9 Å². The summed E-state index contributed by atoms with van der Waals surface area (Å²) in [7, 11) is 1.23. The number of carbonyl (C=O) groups excluding carboxylic acids is 2. The van der Waals surface area contributed by atoms with Crippen molar-refractivity contribution in [2.24, 2.45) is 5.92 Å². The number of nitrogens with one attached hydrogen (secondary N) is 1. The molecule has 0 radical (unpaired) electrons. The van der Waals surface area contributed by atoms with E-state index in [1.54, 1.807) is 6.19 Å². The molecule has 0 aromatic heterocycles. The number of nitrogens with zero attached hydrogens (tertiary/aromatic N) is 2. The third kappa shape index (κ3) is 5.40. The van der Waals surface area contributed by atoms with Crippen LogP contribution in [0.15, 0.2) is 18.2 Å². The zero-order chi connectivity index (χ0) is 22.0. The number of halogens is 6. The molecular formula is C18H17F6N3O2. The second-order valence-corrected chi connectivity index (χ2v) is 6.76. The monoisotopic (exact) mass is 421 g/mol. The lowest BCUT2D eigenvalue weighted by Gasteiger charge is -2.32. The fraction of sp³-hybridized carbons (Fsp3) is 0.500. The molecule has 5 nitrogen and oxygen atoms in total. The van der Waals surface area contributed by atoms with E-state index in [1.807, 2.05) is 0 Å². The van der Waals surface area contributed by atoms with Gasteiger partial charge in [-0.2, -0.15) is 31.6 Å². The number of nitriles is 1. The van der Waals surface area contributed by atoms with E-state index in [0.717, 1.165) is 4.90 Å². The first-order valence-electron chi connectivity index (χ1n) is 8.62. The first-order valence-corrected chi connectivity index (χ1v) is 8.62. The molecule has 0 unspecified atom stereocenters. The molecule has 1 aliphatic rings. The van der Waals surface area contributed by atoms with Crippen LogP contribution in [0.5, 0.6) is 0 Å². The first-order chi connectivity index (χ1) is 13.3. The van der Waals surface area contributed by atoms with Gasteiger partial charge in [0.15, 0.2) is 6.19 Å². The summed E-state index contributed by atoms with van der Waals surface area (Å²) in [6.45, 7) is 0. The van der Waals surface area contributed by atoms with E-state index in [2.05, 4.69) is 5.32 Å². The lowest BCUT2D eigenvalue weighted by atomic mass is 9.83. The molecular weight excluding hydrogens is 404 g/mol. The molecule has 1 fully saturated rings. The van der Waals surface area contributed by atoms with Crippen LogP contribution in [0, 0.1) is 17.4 Å². The van der Waals surface area contributed by atoms with Gasteiger partial charge in [-0.1, -0.05) is 12.8 Å². The lowest BCUT2D eigenvalue weighted by Crippen LogP contribution is -2.48. The lowest BCUT2D eigenvalue weighted by molar-refractivity contribution is -0.143. The van der Waals surface area contributed by atoms with Crippen LogP contribution in [0.2, 0.25) is 0 Å². The van der Waals surface area contributed by atoms with Crippen LogP contribution in [0.4, 0.5) is 26.3 Å². The van der Waals surface area contributed by atoms with Crippen molar-refractivity contribution in [2.45, 2.75) is 44.1 Å². The Kier molecular flexibility index (Phi) is 6.45. The molecule has 1 aromatic carbocycles. The predicted octanol–water partition coefficient (Wildman–Crippen LogP) is 3.95. The fourth-order valence-electron chi connectivity index (χ4n) is 3.23. The zero-order valence-electron chi connectivity index (χ0n) is 15.2. The average molecular weight is 421 g/mol. The highest BCUT2D eigenvalue weighted by Gasteiger charge is 2.38. The van der Waals surface area contributed by atoms with Gasteiger partial charge in [0.05, 0.1) is 17.0 Å². The second kappa shape index (κ2) is 8.31. The van der Waals surface area contributed by atoms with Gasteiger partial charge in [0, 0.05) is 18.7 Å². The molecule has 158 valence electrons.